The van der Waals surface area contributed by atoms with Crippen LogP contribution in [-0.2, 0) is 16.4 Å². The molecule has 0 aliphatic heterocycles. The highest BCUT2D eigenvalue weighted by Crippen LogP contribution is 2.31. The maximum Gasteiger partial charge on any atom is 0.242 e. The molecular formula is C17H22ClN3O3S. The Morgan fingerprint density at radius 2 is 2.04 bits per heavy atom. The van der Waals surface area contributed by atoms with E-state index in [2.05, 4.69) is 10.1 Å². The van der Waals surface area contributed by atoms with Crippen LogP contribution in [0.5, 0.6) is 0 Å². The number of sulfonamides is 1. The second kappa shape index (κ2) is 7.85. The molecule has 0 N–H and O–H groups in total. The highest BCUT2D eigenvalue weighted by Gasteiger charge is 2.23. The van der Waals surface area contributed by atoms with Crippen molar-refractivity contribution >= 4 is 21.6 Å². The van der Waals surface area contributed by atoms with Crippen molar-refractivity contribution in [1.82, 2.24) is 14.4 Å². The zero-order valence-corrected chi connectivity index (χ0v) is 15.8. The molecule has 8 heteroatoms. The SMILES string of the molecule is CN(CCc1noc(C2CCCCC2)n1)S(=O)(=O)c1cccc(Cl)c1. The van der Waals surface area contributed by atoms with E-state index in [0.717, 1.165) is 12.8 Å². The van der Waals surface area contributed by atoms with Crippen LogP contribution in [-0.4, -0.2) is 36.5 Å². The molecule has 136 valence electrons. The van der Waals surface area contributed by atoms with Gasteiger partial charge in [0.15, 0.2) is 5.82 Å². The monoisotopic (exact) mass is 383 g/mol. The van der Waals surface area contributed by atoms with Crippen LogP contribution >= 0.6 is 11.6 Å². The van der Waals surface area contributed by atoms with Crippen molar-refractivity contribution in [2.75, 3.05) is 13.6 Å². The molecule has 1 aromatic heterocycles. The molecule has 0 unspecified atom stereocenters. The van der Waals surface area contributed by atoms with Gasteiger partial charge in [-0.25, -0.2) is 12.7 Å². The molecule has 0 spiro atoms. The average molecular weight is 384 g/mol. The van der Waals surface area contributed by atoms with Crippen molar-refractivity contribution < 1.29 is 12.9 Å². The lowest BCUT2D eigenvalue weighted by molar-refractivity contribution is 0.311. The van der Waals surface area contributed by atoms with Gasteiger partial charge < -0.3 is 4.52 Å². The predicted molar refractivity (Wildman–Crippen MR) is 95.1 cm³/mol. The number of halogens is 1. The number of likely N-dealkylation sites (N-methyl/N-ethyl adjacent to an activating group) is 1. The van der Waals surface area contributed by atoms with Crippen LogP contribution in [0.15, 0.2) is 33.7 Å². The molecule has 2 aromatic rings. The van der Waals surface area contributed by atoms with Crippen LogP contribution in [0.2, 0.25) is 5.02 Å². The Morgan fingerprint density at radius 1 is 1.28 bits per heavy atom. The molecule has 1 aliphatic carbocycles. The van der Waals surface area contributed by atoms with Crippen molar-refractivity contribution in [3.8, 4) is 0 Å². The molecule has 6 nitrogen and oxygen atoms in total. The lowest BCUT2D eigenvalue weighted by Gasteiger charge is -2.17. The van der Waals surface area contributed by atoms with Crippen LogP contribution in [0.4, 0.5) is 0 Å². The van der Waals surface area contributed by atoms with Gasteiger partial charge in [0.1, 0.15) is 0 Å². The Morgan fingerprint density at radius 3 is 2.76 bits per heavy atom. The molecule has 3 rings (SSSR count). The smallest absolute Gasteiger partial charge is 0.242 e. The van der Waals surface area contributed by atoms with E-state index < -0.39 is 10.0 Å². The summed E-state index contributed by atoms with van der Waals surface area (Å²) in [6.07, 6.45) is 6.25. The van der Waals surface area contributed by atoms with Crippen LogP contribution < -0.4 is 0 Å². The first-order valence-corrected chi connectivity index (χ1v) is 10.3. The van der Waals surface area contributed by atoms with Gasteiger partial charge in [-0.05, 0) is 31.0 Å². The highest BCUT2D eigenvalue weighted by atomic mass is 35.5. The maximum atomic E-state index is 12.6. The quantitative estimate of drug-likeness (QED) is 0.761. The van der Waals surface area contributed by atoms with Gasteiger partial charge in [-0.2, -0.15) is 4.98 Å². The molecule has 0 atom stereocenters. The fourth-order valence-corrected chi connectivity index (χ4v) is 4.54. The Hall–Kier alpha value is -1.44. The molecule has 1 fully saturated rings. The highest BCUT2D eigenvalue weighted by molar-refractivity contribution is 7.89. The Bertz CT molecular complexity index is 816. The Balaban J connectivity index is 1.62. The van der Waals surface area contributed by atoms with Gasteiger partial charge in [0, 0.05) is 31.0 Å². The number of hydrogen-bond donors (Lipinski definition) is 0. The van der Waals surface area contributed by atoms with E-state index in [1.54, 1.807) is 19.2 Å². The minimum atomic E-state index is -3.58. The number of nitrogens with zero attached hydrogens (tertiary/aromatic N) is 3. The van der Waals surface area contributed by atoms with Crippen molar-refractivity contribution in [2.24, 2.45) is 0 Å². The largest absolute Gasteiger partial charge is 0.339 e. The van der Waals surface area contributed by atoms with Gasteiger partial charge in [0.2, 0.25) is 15.9 Å². The van der Waals surface area contributed by atoms with Gasteiger partial charge in [0.05, 0.1) is 4.90 Å². The second-order valence-electron chi connectivity index (χ2n) is 6.42. The molecule has 0 radical (unpaired) electrons. The lowest BCUT2D eigenvalue weighted by Crippen LogP contribution is -2.29. The zero-order chi connectivity index (χ0) is 17.9. The van der Waals surface area contributed by atoms with E-state index in [9.17, 15) is 8.42 Å². The zero-order valence-electron chi connectivity index (χ0n) is 14.2. The van der Waals surface area contributed by atoms with E-state index in [4.69, 9.17) is 16.1 Å². The third-order valence-electron chi connectivity index (χ3n) is 4.59. The van der Waals surface area contributed by atoms with Crippen LogP contribution in [0, 0.1) is 0 Å². The number of aromatic nitrogens is 2. The van der Waals surface area contributed by atoms with E-state index in [1.807, 2.05) is 0 Å². The summed E-state index contributed by atoms with van der Waals surface area (Å²) in [6, 6.07) is 6.25. The van der Waals surface area contributed by atoms with Gasteiger partial charge in [-0.3, -0.25) is 0 Å². The predicted octanol–water partition coefficient (Wildman–Crippen LogP) is 3.63. The molecule has 1 saturated carbocycles. The van der Waals surface area contributed by atoms with Crippen LogP contribution in [0.3, 0.4) is 0 Å². The summed E-state index contributed by atoms with van der Waals surface area (Å²) in [4.78, 5) is 4.63. The lowest BCUT2D eigenvalue weighted by atomic mass is 9.89. The van der Waals surface area contributed by atoms with Crippen LogP contribution in [0.25, 0.3) is 0 Å². The summed E-state index contributed by atoms with van der Waals surface area (Å²) < 4.78 is 31.8. The summed E-state index contributed by atoms with van der Waals surface area (Å²) in [7, 11) is -2.04. The van der Waals surface area contributed by atoms with Gasteiger partial charge in [-0.15, -0.1) is 0 Å². The van der Waals surface area contributed by atoms with Crippen LogP contribution in [0.1, 0.15) is 49.7 Å². The molecule has 1 aliphatic rings. The first-order chi connectivity index (χ1) is 12.0. The summed E-state index contributed by atoms with van der Waals surface area (Å²) in [5.41, 5.74) is 0. The third-order valence-corrected chi connectivity index (χ3v) is 6.68. The molecule has 0 saturated heterocycles. The van der Waals surface area contributed by atoms with E-state index >= 15 is 0 Å². The summed E-state index contributed by atoms with van der Waals surface area (Å²) >= 11 is 5.89. The molecule has 0 amide bonds. The van der Waals surface area contributed by atoms with E-state index in [-0.39, 0.29) is 11.4 Å². The molecular weight excluding hydrogens is 362 g/mol. The number of hydrogen-bond acceptors (Lipinski definition) is 5. The molecule has 1 heterocycles. The van der Waals surface area contributed by atoms with E-state index in [0.29, 0.717) is 29.1 Å². The van der Waals surface area contributed by atoms with Crippen molar-refractivity contribution in [3.05, 3.63) is 41.0 Å². The topological polar surface area (TPSA) is 76.3 Å². The number of benzene rings is 1. The molecule has 1 aromatic carbocycles. The van der Waals surface area contributed by atoms with E-state index in [1.165, 1.54) is 35.7 Å². The summed E-state index contributed by atoms with van der Waals surface area (Å²) in [6.45, 7) is 0.276. The standard InChI is InChI=1S/C17H22ClN3O3S/c1-21(25(22,23)15-9-5-8-14(18)12-15)11-10-16-19-17(24-20-16)13-6-3-2-4-7-13/h5,8-9,12-13H,2-4,6-7,10-11H2,1H3. The first kappa shape index (κ1) is 18.4. The molecule has 25 heavy (non-hydrogen) atoms. The fraction of sp³-hybridized carbons (Fsp3) is 0.529. The minimum absolute atomic E-state index is 0.179. The molecule has 0 bridgehead atoms. The second-order valence-corrected chi connectivity index (χ2v) is 8.90. The minimum Gasteiger partial charge on any atom is -0.339 e. The van der Waals surface area contributed by atoms with Gasteiger partial charge >= 0.3 is 0 Å². The first-order valence-electron chi connectivity index (χ1n) is 8.51. The maximum absolute atomic E-state index is 12.6. The van der Waals surface area contributed by atoms with Gasteiger partial charge in [0.25, 0.3) is 0 Å². The number of rotatable bonds is 6. The summed E-state index contributed by atoms with van der Waals surface area (Å²) in [5, 5.41) is 4.40. The Kier molecular flexibility index (Phi) is 5.76. The average Bonchev–Trinajstić information content (AvgIpc) is 3.09. The van der Waals surface area contributed by atoms with Crippen molar-refractivity contribution in [2.45, 2.75) is 49.3 Å². The fourth-order valence-electron chi connectivity index (χ4n) is 3.07. The summed E-state index contributed by atoms with van der Waals surface area (Å²) in [5.74, 6) is 1.59. The normalized spacial score (nSPS) is 16.4. The van der Waals surface area contributed by atoms with Gasteiger partial charge in [-0.1, -0.05) is 42.1 Å². The Labute approximate surface area is 153 Å². The van der Waals surface area contributed by atoms with Crippen molar-refractivity contribution in [1.29, 1.82) is 0 Å². The third kappa shape index (κ3) is 4.40. The van der Waals surface area contributed by atoms with Crippen molar-refractivity contribution in [3.63, 3.8) is 0 Å².